The first-order valence-corrected chi connectivity index (χ1v) is 20.0. The van der Waals surface area contributed by atoms with Crippen LogP contribution in [0.5, 0.6) is 0 Å². The number of benzene rings is 7. The topological polar surface area (TPSA) is 3.24 Å². The van der Waals surface area contributed by atoms with Gasteiger partial charge in [-0.15, -0.1) is 5.73 Å². The first kappa shape index (κ1) is 35.8. The summed E-state index contributed by atoms with van der Waals surface area (Å²) in [7, 11) is 0. The highest BCUT2D eigenvalue weighted by atomic mass is 15.1. The molecular formula is C56H45N. The van der Waals surface area contributed by atoms with E-state index >= 15 is 0 Å². The van der Waals surface area contributed by atoms with Crippen molar-refractivity contribution < 1.29 is 0 Å². The Bertz CT molecular complexity index is 2870. The molecule has 57 heavy (non-hydrogen) atoms. The molecule has 7 aromatic carbocycles. The van der Waals surface area contributed by atoms with Crippen LogP contribution in [0.25, 0.3) is 49.4 Å². The predicted molar refractivity (Wildman–Crippen MR) is 246 cm³/mol. The Labute approximate surface area is 337 Å². The van der Waals surface area contributed by atoms with Gasteiger partial charge in [-0.1, -0.05) is 152 Å². The van der Waals surface area contributed by atoms with Crippen molar-refractivity contribution in [2.24, 2.45) is 0 Å². The highest BCUT2D eigenvalue weighted by molar-refractivity contribution is 6.13. The molecule has 0 radical (unpaired) electrons. The van der Waals surface area contributed by atoms with Crippen LogP contribution in [0.3, 0.4) is 0 Å². The summed E-state index contributed by atoms with van der Waals surface area (Å²) in [6.07, 6.45) is 15.2. The van der Waals surface area contributed by atoms with Gasteiger partial charge in [-0.05, 0) is 152 Å². The molecule has 1 heteroatoms. The molecule has 2 aliphatic rings. The van der Waals surface area contributed by atoms with Gasteiger partial charge in [0.15, 0.2) is 0 Å². The van der Waals surface area contributed by atoms with Gasteiger partial charge in [-0.25, -0.2) is 0 Å². The highest BCUT2D eigenvalue weighted by Crippen LogP contribution is 2.40. The number of rotatable bonds is 10. The summed E-state index contributed by atoms with van der Waals surface area (Å²) < 4.78 is 0. The molecule has 0 aliphatic heterocycles. The molecule has 9 rings (SSSR count). The third-order valence-corrected chi connectivity index (χ3v) is 11.5. The normalized spacial score (nSPS) is 14.0. The zero-order chi connectivity index (χ0) is 38.7. The second-order valence-electron chi connectivity index (χ2n) is 15.1. The average molecular weight is 732 g/mol. The first-order valence-electron chi connectivity index (χ1n) is 20.0. The number of anilines is 2. The molecule has 0 bridgehead atoms. The van der Waals surface area contributed by atoms with E-state index in [-0.39, 0.29) is 0 Å². The van der Waals surface area contributed by atoms with Gasteiger partial charge in [0, 0.05) is 23.3 Å². The van der Waals surface area contributed by atoms with Gasteiger partial charge in [0.2, 0.25) is 0 Å². The van der Waals surface area contributed by atoms with Crippen LogP contribution in [0.15, 0.2) is 212 Å². The quantitative estimate of drug-likeness (QED) is 0.0769. The highest BCUT2D eigenvalue weighted by Gasteiger charge is 2.19. The molecule has 0 spiro atoms. The van der Waals surface area contributed by atoms with Gasteiger partial charge < -0.3 is 4.90 Å². The largest absolute Gasteiger partial charge is 0.336 e. The Morgan fingerprint density at radius 3 is 2.26 bits per heavy atom. The minimum absolute atomic E-state index is 0.697. The standard InChI is InChI=1S/C56H45N/c1-4-15-45(34-40(3)55-36-48(29-28-39(55)2)51-27-14-21-44-20-13-26-50(44)51)46-22-12-16-41(35-46)38-57(49-32-30-43(31-33-49)42-17-6-5-7-18-42)56-37-47-19-8-9-23-52(47)53-24-10-11-25-54(53)56/h4-12,15-20,22-37H,1,14,21,38H2,2-3H3/b40-34+,45-15+. The molecule has 7 aromatic rings. The van der Waals surface area contributed by atoms with Crippen LogP contribution in [0.1, 0.15) is 47.6 Å². The van der Waals surface area contributed by atoms with E-state index in [1.807, 2.05) is 6.08 Å². The van der Waals surface area contributed by atoms with Crippen molar-refractivity contribution in [2.75, 3.05) is 4.90 Å². The fourth-order valence-electron chi connectivity index (χ4n) is 8.56. The van der Waals surface area contributed by atoms with E-state index in [9.17, 15) is 0 Å². The Balaban J connectivity index is 1.09. The van der Waals surface area contributed by atoms with Crippen molar-refractivity contribution in [1.29, 1.82) is 0 Å². The fourth-order valence-corrected chi connectivity index (χ4v) is 8.56. The molecule has 0 heterocycles. The molecule has 0 saturated heterocycles. The van der Waals surface area contributed by atoms with Gasteiger partial charge >= 0.3 is 0 Å². The van der Waals surface area contributed by atoms with Crippen LogP contribution in [-0.2, 0) is 6.54 Å². The zero-order valence-electron chi connectivity index (χ0n) is 32.7. The molecule has 0 N–H and O–H groups in total. The molecular weight excluding hydrogens is 687 g/mol. The van der Waals surface area contributed by atoms with Crippen LogP contribution < -0.4 is 4.90 Å². The minimum Gasteiger partial charge on any atom is -0.336 e. The summed E-state index contributed by atoms with van der Waals surface area (Å²) in [5.41, 5.74) is 20.7. The Kier molecular flexibility index (Phi) is 9.83. The summed E-state index contributed by atoms with van der Waals surface area (Å²) in [5.74, 6) is 0. The van der Waals surface area contributed by atoms with Crippen molar-refractivity contribution in [1.82, 2.24) is 0 Å². The second-order valence-corrected chi connectivity index (χ2v) is 15.1. The lowest BCUT2D eigenvalue weighted by atomic mass is 9.86. The van der Waals surface area contributed by atoms with Gasteiger partial charge in [0.05, 0.1) is 0 Å². The summed E-state index contributed by atoms with van der Waals surface area (Å²) in [6, 6.07) is 55.4. The van der Waals surface area contributed by atoms with Crippen LogP contribution in [0.4, 0.5) is 11.4 Å². The number of hydrogen-bond acceptors (Lipinski definition) is 1. The van der Waals surface area contributed by atoms with E-state index in [4.69, 9.17) is 0 Å². The van der Waals surface area contributed by atoms with Crippen molar-refractivity contribution >= 4 is 49.6 Å². The van der Waals surface area contributed by atoms with E-state index in [0.29, 0.717) is 6.54 Å². The van der Waals surface area contributed by atoms with Crippen LogP contribution in [0, 0.1) is 6.92 Å². The zero-order valence-corrected chi connectivity index (χ0v) is 32.7. The number of nitrogens with zero attached hydrogens (tertiary/aromatic N) is 1. The molecule has 0 atom stereocenters. The lowest BCUT2D eigenvalue weighted by Gasteiger charge is -2.28. The number of aryl methyl sites for hydroxylation is 1. The summed E-state index contributed by atoms with van der Waals surface area (Å²) in [6.45, 7) is 9.26. The Morgan fingerprint density at radius 1 is 0.702 bits per heavy atom. The SMILES string of the molecule is C=C/C=C(\C=C(/C)c1cc(C2=CCCC3=C2C=C=C3)ccc1C)c1cccc(CN(c2ccc(-c3ccccc3)cc2)c2cc3ccccc3c3ccccc23)c1. The maximum absolute atomic E-state index is 4.12. The van der Waals surface area contributed by atoms with Crippen molar-refractivity contribution in [3.05, 3.63) is 239 Å². The van der Waals surface area contributed by atoms with Crippen LogP contribution in [-0.4, -0.2) is 0 Å². The van der Waals surface area contributed by atoms with Gasteiger partial charge in [-0.3, -0.25) is 0 Å². The first-order chi connectivity index (χ1) is 28.0. The molecule has 274 valence electrons. The number of allylic oxidation sites excluding steroid dienone is 10. The monoisotopic (exact) mass is 731 g/mol. The fraction of sp³-hybridized carbons (Fsp3) is 0.0893. The third-order valence-electron chi connectivity index (χ3n) is 11.5. The van der Waals surface area contributed by atoms with Crippen molar-refractivity contribution in [3.8, 4) is 11.1 Å². The third kappa shape index (κ3) is 7.18. The Morgan fingerprint density at radius 2 is 1.44 bits per heavy atom. The lowest BCUT2D eigenvalue weighted by molar-refractivity contribution is 0.981. The van der Waals surface area contributed by atoms with Crippen LogP contribution >= 0.6 is 0 Å². The predicted octanol–water partition coefficient (Wildman–Crippen LogP) is 15.2. The van der Waals surface area contributed by atoms with Gasteiger partial charge in [0.25, 0.3) is 0 Å². The van der Waals surface area contributed by atoms with Crippen molar-refractivity contribution in [2.45, 2.75) is 33.2 Å². The smallest absolute Gasteiger partial charge is 0.0500 e. The Hall–Kier alpha value is -6.92. The van der Waals surface area contributed by atoms with Crippen molar-refractivity contribution in [3.63, 3.8) is 0 Å². The summed E-state index contributed by atoms with van der Waals surface area (Å²) >= 11 is 0. The number of fused-ring (bicyclic) bond motifs is 3. The molecule has 0 fully saturated rings. The maximum Gasteiger partial charge on any atom is 0.0500 e. The van der Waals surface area contributed by atoms with E-state index in [1.54, 1.807) is 0 Å². The van der Waals surface area contributed by atoms with E-state index in [1.165, 1.54) is 82.9 Å². The second kappa shape index (κ2) is 15.7. The summed E-state index contributed by atoms with van der Waals surface area (Å²) in [4.78, 5) is 2.48. The molecule has 0 aromatic heterocycles. The summed E-state index contributed by atoms with van der Waals surface area (Å²) in [5, 5.41) is 5.00. The van der Waals surface area contributed by atoms with Gasteiger partial charge in [-0.2, -0.15) is 0 Å². The molecule has 0 amide bonds. The van der Waals surface area contributed by atoms with Gasteiger partial charge in [0.1, 0.15) is 0 Å². The number of hydrogen-bond donors (Lipinski definition) is 0. The lowest BCUT2D eigenvalue weighted by Crippen LogP contribution is -2.17. The molecule has 1 nitrogen and oxygen atoms in total. The van der Waals surface area contributed by atoms with Crippen LogP contribution in [0.2, 0.25) is 0 Å². The van der Waals surface area contributed by atoms with E-state index < -0.39 is 0 Å². The van der Waals surface area contributed by atoms with E-state index in [2.05, 4.69) is 213 Å². The minimum atomic E-state index is 0.697. The maximum atomic E-state index is 4.12. The molecule has 0 saturated carbocycles. The molecule has 0 unspecified atom stereocenters. The van der Waals surface area contributed by atoms with E-state index in [0.717, 1.165) is 29.7 Å². The average Bonchev–Trinajstić information content (AvgIpc) is 3.76. The molecule has 2 aliphatic carbocycles.